The lowest BCUT2D eigenvalue weighted by Crippen LogP contribution is -2.40. The van der Waals surface area contributed by atoms with E-state index in [0.29, 0.717) is 22.5 Å². The van der Waals surface area contributed by atoms with E-state index in [9.17, 15) is 10.1 Å². The number of nitrogens with two attached hydrogens (primary N) is 1. The van der Waals surface area contributed by atoms with Crippen molar-refractivity contribution in [3.63, 3.8) is 0 Å². The van der Waals surface area contributed by atoms with E-state index in [1.54, 1.807) is 41.9 Å². The third kappa shape index (κ3) is 6.08. The number of rotatable bonds is 9. The Balaban J connectivity index is 1.61. The molecular formula is C29H31FN8O2. The molecule has 1 atom stereocenters. The van der Waals surface area contributed by atoms with Crippen LogP contribution in [-0.4, -0.2) is 56.2 Å². The van der Waals surface area contributed by atoms with Crippen LogP contribution in [0.25, 0.3) is 22.3 Å². The molecule has 0 bridgehead atoms. The smallest absolute Gasteiger partial charge is 0.261 e. The minimum absolute atomic E-state index is 0.00279. The van der Waals surface area contributed by atoms with Crippen molar-refractivity contribution in [2.75, 3.05) is 19.8 Å². The number of halogens is 1. The maximum absolute atomic E-state index is 15.4. The fraction of sp³-hybridized carbons (Fsp3) is 0.276. The molecule has 0 saturated carbocycles. The molecule has 4 aromatic rings. The molecule has 0 spiro atoms. The first-order valence-electron chi connectivity index (χ1n) is 12.6. The first-order chi connectivity index (χ1) is 19.0. The standard InChI is InChI=1S/C29H31FN8O2/c1-18(35-28(39)19(15-31)14-29(2,3)37(4)5)16-38-27-24(26(32)33-17-34-27)25(36-38)22-12-11-21(13-23(22)30)40-20-9-7-6-8-10-20/h6-14,17-18H,16H2,1-5H3,(H,35,39)(H2,32,33,34). The lowest BCUT2D eigenvalue weighted by atomic mass is 10.00. The largest absolute Gasteiger partial charge is 0.457 e. The number of likely N-dealkylation sites (N-methyl/N-ethyl adjacent to an activating group) is 1. The maximum Gasteiger partial charge on any atom is 0.261 e. The number of anilines is 1. The van der Waals surface area contributed by atoms with E-state index in [1.807, 2.05) is 57.1 Å². The third-order valence-electron chi connectivity index (χ3n) is 6.57. The predicted molar refractivity (Wildman–Crippen MR) is 151 cm³/mol. The first-order valence-corrected chi connectivity index (χ1v) is 12.6. The lowest BCUT2D eigenvalue weighted by molar-refractivity contribution is -0.117. The minimum Gasteiger partial charge on any atom is -0.457 e. The molecule has 2 aromatic carbocycles. The number of carbonyl (C=O) groups is 1. The first kappa shape index (κ1) is 28.2. The number of nitrogens with one attached hydrogen (secondary N) is 1. The van der Waals surface area contributed by atoms with Gasteiger partial charge in [0, 0.05) is 23.2 Å². The van der Waals surface area contributed by atoms with Crippen LogP contribution in [-0.2, 0) is 11.3 Å². The number of carbonyl (C=O) groups excluding carboxylic acids is 1. The second kappa shape index (κ2) is 11.5. The van der Waals surface area contributed by atoms with Crippen molar-refractivity contribution >= 4 is 22.8 Å². The normalized spacial score (nSPS) is 12.8. The molecule has 40 heavy (non-hydrogen) atoms. The van der Waals surface area contributed by atoms with Crippen molar-refractivity contribution in [2.45, 2.75) is 38.9 Å². The number of hydrogen-bond donors (Lipinski definition) is 2. The van der Waals surface area contributed by atoms with Crippen LogP contribution in [0.1, 0.15) is 20.8 Å². The van der Waals surface area contributed by atoms with Crippen LogP contribution < -0.4 is 15.8 Å². The van der Waals surface area contributed by atoms with Crippen LogP contribution in [0, 0.1) is 17.1 Å². The Morgan fingerprint density at radius 3 is 2.60 bits per heavy atom. The molecule has 3 N–H and O–H groups in total. The van der Waals surface area contributed by atoms with E-state index in [-0.39, 0.29) is 29.2 Å². The molecule has 0 aliphatic carbocycles. The van der Waals surface area contributed by atoms with E-state index >= 15 is 4.39 Å². The van der Waals surface area contributed by atoms with E-state index < -0.39 is 23.3 Å². The van der Waals surface area contributed by atoms with Gasteiger partial charge in [-0.2, -0.15) is 10.4 Å². The molecule has 0 fully saturated rings. The fourth-order valence-electron chi connectivity index (χ4n) is 3.96. The Labute approximate surface area is 231 Å². The Morgan fingerprint density at radius 2 is 1.95 bits per heavy atom. The zero-order valence-electron chi connectivity index (χ0n) is 23.0. The van der Waals surface area contributed by atoms with Crippen LogP contribution in [0.5, 0.6) is 11.5 Å². The number of fused-ring (bicyclic) bond motifs is 1. The van der Waals surface area contributed by atoms with Crippen molar-refractivity contribution in [1.82, 2.24) is 30.0 Å². The Kier molecular flexibility index (Phi) is 8.11. The highest BCUT2D eigenvalue weighted by Crippen LogP contribution is 2.34. The average molecular weight is 543 g/mol. The van der Waals surface area contributed by atoms with Gasteiger partial charge in [0.15, 0.2) is 5.65 Å². The van der Waals surface area contributed by atoms with Crippen LogP contribution in [0.15, 0.2) is 66.5 Å². The number of nitrogen functional groups attached to an aromatic ring is 1. The number of benzene rings is 2. The molecule has 1 unspecified atom stereocenters. The monoisotopic (exact) mass is 542 g/mol. The summed E-state index contributed by atoms with van der Waals surface area (Å²) < 4.78 is 22.6. The Morgan fingerprint density at radius 1 is 1.23 bits per heavy atom. The molecule has 0 aliphatic rings. The molecule has 2 aromatic heterocycles. The molecule has 11 heteroatoms. The van der Waals surface area contributed by atoms with Crippen molar-refractivity contribution < 1.29 is 13.9 Å². The quantitative estimate of drug-likeness (QED) is 0.236. The number of nitrogens with zero attached hydrogens (tertiary/aromatic N) is 6. The van der Waals surface area contributed by atoms with Gasteiger partial charge < -0.3 is 20.7 Å². The van der Waals surface area contributed by atoms with Crippen LogP contribution in [0.3, 0.4) is 0 Å². The highest BCUT2D eigenvalue weighted by Gasteiger charge is 2.24. The molecule has 206 valence electrons. The van der Waals surface area contributed by atoms with E-state index in [1.165, 1.54) is 12.4 Å². The molecule has 1 amide bonds. The van der Waals surface area contributed by atoms with Gasteiger partial charge in [0.1, 0.15) is 46.8 Å². The van der Waals surface area contributed by atoms with E-state index in [2.05, 4.69) is 20.4 Å². The van der Waals surface area contributed by atoms with Gasteiger partial charge >= 0.3 is 0 Å². The second-order valence-electron chi connectivity index (χ2n) is 10.1. The van der Waals surface area contributed by atoms with E-state index in [4.69, 9.17) is 10.5 Å². The van der Waals surface area contributed by atoms with Gasteiger partial charge in [0.25, 0.3) is 5.91 Å². The minimum atomic E-state index is -0.558. The summed E-state index contributed by atoms with van der Waals surface area (Å²) in [6.07, 6.45) is 2.92. The number of amides is 1. The van der Waals surface area contributed by atoms with Crippen molar-refractivity contribution in [3.05, 3.63) is 72.3 Å². The number of aromatic nitrogens is 4. The maximum atomic E-state index is 15.4. The number of hydrogen-bond acceptors (Lipinski definition) is 8. The SMILES string of the molecule is CC(Cn1nc(-c2ccc(Oc3ccccc3)cc2F)c2c(N)ncnc21)NC(=O)C(C#N)=CC(C)(C)N(C)C. The molecule has 0 radical (unpaired) electrons. The van der Waals surface area contributed by atoms with Crippen LogP contribution in [0.2, 0.25) is 0 Å². The number of ether oxygens (including phenoxy) is 1. The third-order valence-corrected chi connectivity index (χ3v) is 6.57. The Bertz CT molecular complexity index is 1610. The van der Waals surface area contributed by atoms with Gasteiger partial charge in [-0.3, -0.25) is 4.79 Å². The molecule has 0 aliphatic heterocycles. The molecule has 2 heterocycles. The zero-order valence-corrected chi connectivity index (χ0v) is 23.0. The van der Waals surface area contributed by atoms with Crippen molar-refractivity contribution in [2.24, 2.45) is 0 Å². The highest BCUT2D eigenvalue weighted by atomic mass is 19.1. The summed E-state index contributed by atoms with van der Waals surface area (Å²) in [5, 5.41) is 17.4. The fourth-order valence-corrected chi connectivity index (χ4v) is 3.96. The molecule has 4 rings (SSSR count). The van der Waals surface area contributed by atoms with E-state index in [0.717, 1.165) is 0 Å². The summed E-state index contributed by atoms with van der Waals surface area (Å²) in [4.78, 5) is 23.2. The second-order valence-corrected chi connectivity index (χ2v) is 10.1. The van der Waals surface area contributed by atoms with Crippen LogP contribution >= 0.6 is 0 Å². The molecule has 0 saturated heterocycles. The summed E-state index contributed by atoms with van der Waals surface area (Å²) in [6.45, 7) is 5.77. The zero-order chi connectivity index (χ0) is 29.0. The van der Waals surface area contributed by atoms with Gasteiger partial charge in [-0.1, -0.05) is 18.2 Å². The number of para-hydroxylation sites is 1. The topological polar surface area (TPSA) is 135 Å². The van der Waals surface area contributed by atoms with Gasteiger partial charge in [-0.25, -0.2) is 19.0 Å². The summed E-state index contributed by atoms with van der Waals surface area (Å²) in [7, 11) is 3.74. The molecule has 10 nitrogen and oxygen atoms in total. The van der Waals surface area contributed by atoms with Crippen molar-refractivity contribution in [1.29, 1.82) is 5.26 Å². The predicted octanol–water partition coefficient (Wildman–Crippen LogP) is 4.30. The Hall–Kier alpha value is -4.82. The summed E-state index contributed by atoms with van der Waals surface area (Å²) in [5.74, 6) is -0.00599. The average Bonchev–Trinajstić information content (AvgIpc) is 3.26. The van der Waals surface area contributed by atoms with Gasteiger partial charge in [0.05, 0.1) is 11.9 Å². The summed E-state index contributed by atoms with van der Waals surface area (Å²) >= 11 is 0. The van der Waals surface area contributed by atoms with Crippen LogP contribution in [0.4, 0.5) is 10.2 Å². The van der Waals surface area contributed by atoms with Gasteiger partial charge in [-0.05, 0) is 65.2 Å². The summed E-state index contributed by atoms with van der Waals surface area (Å²) in [5.41, 5.74) is 6.52. The van der Waals surface area contributed by atoms with Crippen molar-refractivity contribution in [3.8, 4) is 28.8 Å². The summed E-state index contributed by atoms with van der Waals surface area (Å²) in [6, 6.07) is 15.1. The van der Waals surface area contributed by atoms with Gasteiger partial charge in [0.2, 0.25) is 0 Å². The highest BCUT2D eigenvalue weighted by molar-refractivity contribution is 5.99. The lowest BCUT2D eigenvalue weighted by Gasteiger charge is -2.29. The van der Waals surface area contributed by atoms with Gasteiger partial charge in [-0.15, -0.1) is 0 Å². The number of nitriles is 1. The molecular weight excluding hydrogens is 511 g/mol.